The van der Waals surface area contributed by atoms with Gasteiger partial charge in [0.15, 0.2) is 5.13 Å². The molecular formula is C22H16FN3OS. The molecular weight excluding hydrogens is 373 g/mol. The largest absolute Gasteiger partial charge is 0.278 e. The molecule has 0 saturated carbocycles. The Morgan fingerprint density at radius 2 is 1.89 bits per heavy atom. The Balaban J connectivity index is 1.68. The average Bonchev–Trinajstić information content (AvgIpc) is 3.14. The quantitative estimate of drug-likeness (QED) is 0.447. The zero-order chi connectivity index (χ0) is 19.3. The first-order valence-corrected chi connectivity index (χ1v) is 9.51. The van der Waals surface area contributed by atoms with Gasteiger partial charge in [-0.25, -0.2) is 9.37 Å². The number of fused-ring (bicyclic) bond motifs is 1. The lowest BCUT2D eigenvalue weighted by Gasteiger charge is -2.17. The first-order valence-electron chi connectivity index (χ1n) is 8.70. The van der Waals surface area contributed by atoms with Gasteiger partial charge in [-0.1, -0.05) is 47.7 Å². The Morgan fingerprint density at radius 1 is 1.07 bits per heavy atom. The van der Waals surface area contributed by atoms with E-state index in [9.17, 15) is 9.18 Å². The number of hydrogen-bond donors (Lipinski definition) is 0. The van der Waals surface area contributed by atoms with Gasteiger partial charge in [0.2, 0.25) is 0 Å². The van der Waals surface area contributed by atoms with Gasteiger partial charge in [0, 0.05) is 12.3 Å². The monoisotopic (exact) mass is 389 g/mol. The summed E-state index contributed by atoms with van der Waals surface area (Å²) in [5.41, 5.74) is 2.33. The van der Waals surface area contributed by atoms with E-state index in [2.05, 4.69) is 9.97 Å². The van der Waals surface area contributed by atoms with E-state index < -0.39 is 0 Å². The van der Waals surface area contributed by atoms with Crippen LogP contribution in [0.25, 0.3) is 16.3 Å². The number of nitrogens with zero attached hydrogens (tertiary/aromatic N) is 3. The van der Waals surface area contributed by atoms with Crippen molar-refractivity contribution in [1.29, 1.82) is 0 Å². The minimum Gasteiger partial charge on any atom is -0.278 e. The molecule has 4 aromatic rings. The predicted molar refractivity (Wildman–Crippen MR) is 110 cm³/mol. The highest BCUT2D eigenvalue weighted by molar-refractivity contribution is 7.22. The zero-order valence-corrected chi connectivity index (χ0v) is 15.6. The summed E-state index contributed by atoms with van der Waals surface area (Å²) >= 11 is 1.28. The van der Waals surface area contributed by atoms with E-state index in [4.69, 9.17) is 0 Å². The minimum atomic E-state index is -0.325. The number of carbonyl (C=O) groups is 1. The molecule has 2 aromatic carbocycles. The Labute approximate surface area is 165 Å². The number of thiazole rings is 1. The van der Waals surface area contributed by atoms with Gasteiger partial charge < -0.3 is 0 Å². The van der Waals surface area contributed by atoms with E-state index in [1.807, 2.05) is 48.5 Å². The van der Waals surface area contributed by atoms with Crippen LogP contribution in [-0.2, 0) is 11.3 Å². The third-order valence-corrected chi connectivity index (χ3v) is 5.14. The van der Waals surface area contributed by atoms with Crippen molar-refractivity contribution in [1.82, 2.24) is 9.97 Å². The molecule has 0 unspecified atom stereocenters. The van der Waals surface area contributed by atoms with E-state index in [-0.39, 0.29) is 18.3 Å². The summed E-state index contributed by atoms with van der Waals surface area (Å²) < 4.78 is 14.2. The first-order chi connectivity index (χ1) is 13.7. The third kappa shape index (κ3) is 4.13. The lowest BCUT2D eigenvalue weighted by atomic mass is 10.2. The van der Waals surface area contributed by atoms with Crippen LogP contribution in [0.5, 0.6) is 0 Å². The number of benzene rings is 2. The van der Waals surface area contributed by atoms with Crippen LogP contribution in [0.4, 0.5) is 9.52 Å². The molecule has 0 spiro atoms. The Hall–Kier alpha value is -3.38. The van der Waals surface area contributed by atoms with E-state index in [0.717, 1.165) is 11.3 Å². The number of carbonyl (C=O) groups excluding carboxylic acids is 1. The van der Waals surface area contributed by atoms with Gasteiger partial charge in [-0.15, -0.1) is 0 Å². The van der Waals surface area contributed by atoms with Crippen molar-refractivity contribution in [3.63, 3.8) is 0 Å². The molecule has 0 atom stereocenters. The fraction of sp³-hybridized carbons (Fsp3) is 0.0455. The predicted octanol–water partition coefficient (Wildman–Crippen LogP) is 5.08. The molecule has 1 amide bonds. The number of amides is 1. The normalized spacial score (nSPS) is 11.2. The maximum Gasteiger partial charge on any atom is 0.253 e. The molecule has 28 heavy (non-hydrogen) atoms. The van der Waals surface area contributed by atoms with E-state index >= 15 is 0 Å². The Kier molecular flexibility index (Phi) is 5.21. The first kappa shape index (κ1) is 18.0. The fourth-order valence-electron chi connectivity index (χ4n) is 2.72. The summed E-state index contributed by atoms with van der Waals surface area (Å²) in [6, 6.07) is 19.6. The second kappa shape index (κ2) is 8.10. The Bertz CT molecular complexity index is 1130. The number of anilines is 1. The van der Waals surface area contributed by atoms with Crippen LogP contribution >= 0.6 is 11.3 Å². The van der Waals surface area contributed by atoms with Crippen LogP contribution in [-0.4, -0.2) is 15.9 Å². The molecule has 4 rings (SSSR count). The van der Waals surface area contributed by atoms with Gasteiger partial charge in [-0.05, 0) is 42.0 Å². The number of aromatic nitrogens is 2. The zero-order valence-electron chi connectivity index (χ0n) is 14.8. The fourth-order valence-corrected chi connectivity index (χ4v) is 3.71. The standard InChI is InChI=1S/C22H16FN3OS/c23-17-10-11-19-20(14-17)28-22(25-19)26(15-18-8-4-5-13-24-18)21(27)12-9-16-6-2-1-3-7-16/h1-14H,15H2. The van der Waals surface area contributed by atoms with Crippen molar-refractivity contribution in [2.24, 2.45) is 0 Å². The summed E-state index contributed by atoms with van der Waals surface area (Å²) in [5.74, 6) is -0.539. The van der Waals surface area contributed by atoms with Crippen molar-refractivity contribution in [3.8, 4) is 0 Å². The van der Waals surface area contributed by atoms with Crippen LogP contribution in [0, 0.1) is 5.82 Å². The topological polar surface area (TPSA) is 46.1 Å². The highest BCUT2D eigenvalue weighted by atomic mass is 32.1. The summed E-state index contributed by atoms with van der Waals surface area (Å²) in [4.78, 5) is 23.4. The van der Waals surface area contributed by atoms with Gasteiger partial charge in [0.05, 0.1) is 22.5 Å². The molecule has 0 fully saturated rings. The van der Waals surface area contributed by atoms with E-state index in [1.165, 1.54) is 29.5 Å². The van der Waals surface area contributed by atoms with Crippen LogP contribution in [0.3, 0.4) is 0 Å². The molecule has 4 nitrogen and oxygen atoms in total. The lowest BCUT2D eigenvalue weighted by molar-refractivity contribution is -0.114. The van der Waals surface area contributed by atoms with Crippen LogP contribution in [0.15, 0.2) is 79.0 Å². The summed E-state index contributed by atoms with van der Waals surface area (Å²) in [6.45, 7) is 0.279. The number of rotatable bonds is 5. The van der Waals surface area contributed by atoms with E-state index in [0.29, 0.717) is 15.3 Å². The van der Waals surface area contributed by atoms with Crippen molar-refractivity contribution >= 4 is 38.7 Å². The molecule has 0 N–H and O–H groups in total. The molecule has 2 heterocycles. The molecule has 138 valence electrons. The summed E-state index contributed by atoms with van der Waals surface area (Å²) in [6.07, 6.45) is 4.97. The van der Waals surface area contributed by atoms with Crippen molar-refractivity contribution in [2.45, 2.75) is 6.54 Å². The highest BCUT2D eigenvalue weighted by Crippen LogP contribution is 2.30. The number of hydrogen-bond acceptors (Lipinski definition) is 4. The summed E-state index contributed by atoms with van der Waals surface area (Å²) in [7, 11) is 0. The number of pyridine rings is 1. The molecule has 6 heteroatoms. The number of halogens is 1. The lowest BCUT2D eigenvalue weighted by Crippen LogP contribution is -2.29. The second-order valence-corrected chi connectivity index (χ2v) is 7.11. The summed E-state index contributed by atoms with van der Waals surface area (Å²) in [5, 5.41) is 0.508. The van der Waals surface area contributed by atoms with Crippen LogP contribution < -0.4 is 4.90 Å². The van der Waals surface area contributed by atoms with Gasteiger partial charge >= 0.3 is 0 Å². The maximum absolute atomic E-state index is 13.5. The van der Waals surface area contributed by atoms with Gasteiger partial charge in [-0.2, -0.15) is 0 Å². The Morgan fingerprint density at radius 3 is 2.68 bits per heavy atom. The molecule has 0 bridgehead atoms. The highest BCUT2D eigenvalue weighted by Gasteiger charge is 2.19. The van der Waals surface area contributed by atoms with Crippen LogP contribution in [0.2, 0.25) is 0 Å². The molecule has 0 aliphatic carbocycles. The molecule has 0 aliphatic heterocycles. The SMILES string of the molecule is O=C(C=Cc1ccccc1)N(Cc1ccccn1)c1nc2ccc(F)cc2s1. The minimum absolute atomic E-state index is 0.214. The smallest absolute Gasteiger partial charge is 0.253 e. The van der Waals surface area contributed by atoms with Gasteiger partial charge in [0.25, 0.3) is 5.91 Å². The van der Waals surface area contributed by atoms with Crippen molar-refractivity contribution in [3.05, 3.63) is 96.1 Å². The molecule has 0 saturated heterocycles. The van der Waals surface area contributed by atoms with E-state index in [1.54, 1.807) is 23.2 Å². The maximum atomic E-state index is 13.5. The third-order valence-electron chi connectivity index (χ3n) is 4.10. The second-order valence-electron chi connectivity index (χ2n) is 6.10. The van der Waals surface area contributed by atoms with Gasteiger partial charge in [-0.3, -0.25) is 14.7 Å². The van der Waals surface area contributed by atoms with Crippen molar-refractivity contribution in [2.75, 3.05) is 4.90 Å². The molecule has 2 aromatic heterocycles. The molecule has 0 aliphatic rings. The van der Waals surface area contributed by atoms with Crippen molar-refractivity contribution < 1.29 is 9.18 Å². The van der Waals surface area contributed by atoms with Crippen LogP contribution in [0.1, 0.15) is 11.3 Å². The molecule has 0 radical (unpaired) electrons. The van der Waals surface area contributed by atoms with Gasteiger partial charge in [0.1, 0.15) is 5.82 Å². The average molecular weight is 389 g/mol.